The molecule has 1 aliphatic heterocycles. The molecule has 2 bridgehead atoms. The molecule has 5 N–H and O–H groups in total. The molecule has 2 heterocycles. The first-order valence-corrected chi connectivity index (χ1v) is 15.0. The quantitative estimate of drug-likeness (QED) is 0.262. The fourth-order valence-electron chi connectivity index (χ4n) is 8.88. The first kappa shape index (κ1) is 29.8. The Morgan fingerprint density at radius 1 is 1.25 bits per heavy atom. The summed E-state index contributed by atoms with van der Waals surface area (Å²) in [5, 5.41) is 51.7. The molecule has 1 aromatic rings. The largest absolute Gasteiger partial charge is 0.456 e. The number of ether oxygens (including phenoxy) is 2. The van der Waals surface area contributed by atoms with Gasteiger partial charge in [-0.15, -0.1) is 11.3 Å². The Hall–Kier alpha value is -1.66. The summed E-state index contributed by atoms with van der Waals surface area (Å²) in [6.07, 6.45) is -3.90. The van der Waals surface area contributed by atoms with Crippen LogP contribution in [-0.4, -0.2) is 81.5 Å². The molecule has 5 rings (SSSR count). The molecule has 1 saturated heterocycles. The fraction of sp³-hybridized carbons (Fsp3) is 0.733. The summed E-state index contributed by atoms with van der Waals surface area (Å²) in [5.74, 6) is -3.23. The van der Waals surface area contributed by atoms with E-state index < -0.39 is 76.2 Å². The number of hydrogen-bond donors (Lipinski definition) is 5. The van der Waals surface area contributed by atoms with Crippen molar-refractivity contribution in [1.29, 1.82) is 0 Å². The van der Waals surface area contributed by atoms with Crippen LogP contribution in [0.3, 0.4) is 0 Å². The van der Waals surface area contributed by atoms with Crippen LogP contribution in [0.4, 0.5) is 0 Å². The molecule has 3 aliphatic carbocycles. The van der Waals surface area contributed by atoms with Gasteiger partial charge in [0, 0.05) is 35.0 Å². The molecular formula is C30H43NO8S. The summed E-state index contributed by atoms with van der Waals surface area (Å²) in [6.45, 7) is 10.9. The smallest absolute Gasteiger partial charge is 0.337 e. The number of fused-ring (bicyclic) bond motifs is 5. The Kier molecular flexibility index (Phi) is 7.22. The van der Waals surface area contributed by atoms with Crippen LogP contribution < -0.4 is 5.32 Å². The molecule has 0 aromatic carbocycles. The van der Waals surface area contributed by atoms with Gasteiger partial charge in [0.05, 0.1) is 35.9 Å². The molecule has 1 aromatic heterocycles. The Morgan fingerprint density at radius 2 is 1.93 bits per heavy atom. The van der Waals surface area contributed by atoms with Gasteiger partial charge in [0.25, 0.3) is 0 Å². The third kappa shape index (κ3) is 3.80. The van der Waals surface area contributed by atoms with Gasteiger partial charge in [0.1, 0.15) is 17.5 Å². The van der Waals surface area contributed by atoms with Crippen molar-refractivity contribution >= 4 is 23.1 Å². The standard InChI is InChI=1S/C30H43NO8S/c1-14-17(39-26(35)23(33)22(31-7)18-9-8-10-40-18)12-30(37)16(3)24-28(6,19(32)11-20-29(24,36)13-38-20)25(34)15(2)21(14)27(30,4)5/h8-10,15-17,19-20,22-24,31-33,36-37H,11-13H2,1-7H3/t15-,16?,17+,19+,20-,22+,23-,24?,28-,29+,30-/m1/s1. The van der Waals surface area contributed by atoms with Crippen LogP contribution in [0.25, 0.3) is 0 Å². The van der Waals surface area contributed by atoms with Crippen molar-refractivity contribution in [3.63, 3.8) is 0 Å². The van der Waals surface area contributed by atoms with Gasteiger partial charge in [-0.05, 0) is 49.4 Å². The van der Waals surface area contributed by atoms with Crippen molar-refractivity contribution in [2.75, 3.05) is 13.7 Å². The van der Waals surface area contributed by atoms with Crippen LogP contribution in [0.1, 0.15) is 65.3 Å². The highest BCUT2D eigenvalue weighted by Crippen LogP contribution is 2.65. The molecule has 2 unspecified atom stereocenters. The number of Topliss-reactive ketones (excluding diaryl/α,β-unsaturated/α-hetero) is 1. The molecule has 0 radical (unpaired) electrons. The zero-order valence-electron chi connectivity index (χ0n) is 24.3. The van der Waals surface area contributed by atoms with E-state index in [0.717, 1.165) is 4.88 Å². The zero-order chi connectivity index (χ0) is 29.6. The van der Waals surface area contributed by atoms with Gasteiger partial charge in [0.2, 0.25) is 0 Å². The number of aliphatic hydroxyl groups is 4. The topological polar surface area (TPSA) is 146 Å². The van der Waals surface area contributed by atoms with Gasteiger partial charge in [-0.3, -0.25) is 4.79 Å². The van der Waals surface area contributed by atoms with Crippen molar-refractivity contribution in [2.24, 2.45) is 28.6 Å². The average Bonchev–Trinajstić information content (AvgIpc) is 3.42. The highest BCUT2D eigenvalue weighted by molar-refractivity contribution is 7.10. The van der Waals surface area contributed by atoms with Crippen molar-refractivity contribution in [3.8, 4) is 0 Å². The maximum atomic E-state index is 14.4. The van der Waals surface area contributed by atoms with Crippen LogP contribution in [0, 0.1) is 28.6 Å². The predicted octanol–water partition coefficient (Wildman–Crippen LogP) is 2.13. The number of carbonyl (C=O) groups excluding carboxylic acids is 2. The van der Waals surface area contributed by atoms with E-state index in [1.807, 2.05) is 45.2 Å². The zero-order valence-corrected chi connectivity index (χ0v) is 25.1. The first-order valence-electron chi connectivity index (χ1n) is 14.2. The van der Waals surface area contributed by atoms with Crippen molar-refractivity contribution in [3.05, 3.63) is 33.5 Å². The Labute approximate surface area is 239 Å². The minimum Gasteiger partial charge on any atom is -0.456 e. The lowest BCUT2D eigenvalue weighted by atomic mass is 9.42. The molecule has 4 aliphatic rings. The van der Waals surface area contributed by atoms with Crippen LogP contribution >= 0.6 is 11.3 Å². The van der Waals surface area contributed by atoms with Crippen LogP contribution in [0.2, 0.25) is 0 Å². The molecule has 2 saturated carbocycles. The SMILES string of the molecule is CN[C@@H](c1cccs1)[C@@H](O)C(=O)O[C@H]1C[C@@]2(O)C(C)C3[C@]4(O)CO[C@@H]4C[C@H](O)[C@@]3(C)C(=O)[C@H](C)C(=C1C)C2(C)C. The third-order valence-electron chi connectivity index (χ3n) is 11.1. The van der Waals surface area contributed by atoms with Crippen LogP contribution in [0.15, 0.2) is 28.7 Å². The van der Waals surface area contributed by atoms with Crippen LogP contribution in [0.5, 0.6) is 0 Å². The molecule has 40 heavy (non-hydrogen) atoms. The Bertz CT molecular complexity index is 1210. The number of esters is 1. The molecule has 9 nitrogen and oxygen atoms in total. The van der Waals surface area contributed by atoms with Crippen LogP contribution in [-0.2, 0) is 19.1 Å². The fourth-order valence-corrected chi connectivity index (χ4v) is 9.74. The first-order chi connectivity index (χ1) is 18.6. The number of likely N-dealkylation sites (N-methyl/N-ethyl adjacent to an activating group) is 1. The molecule has 10 heteroatoms. The summed E-state index contributed by atoms with van der Waals surface area (Å²) in [5.41, 5.74) is -3.81. The lowest BCUT2D eigenvalue weighted by molar-refractivity contribution is -0.335. The number of hydrogen-bond acceptors (Lipinski definition) is 10. The summed E-state index contributed by atoms with van der Waals surface area (Å²) in [4.78, 5) is 28.5. The number of nitrogens with one attached hydrogen (secondary N) is 1. The number of aliphatic hydroxyl groups excluding tert-OH is 2. The van der Waals surface area contributed by atoms with Gasteiger partial charge in [-0.1, -0.05) is 33.8 Å². The maximum absolute atomic E-state index is 14.4. The summed E-state index contributed by atoms with van der Waals surface area (Å²) < 4.78 is 11.6. The minimum atomic E-state index is -1.53. The minimum absolute atomic E-state index is 0.0172. The summed E-state index contributed by atoms with van der Waals surface area (Å²) >= 11 is 1.41. The lowest BCUT2D eigenvalue weighted by Gasteiger charge is -2.67. The highest BCUT2D eigenvalue weighted by atomic mass is 32.1. The van der Waals surface area contributed by atoms with E-state index >= 15 is 0 Å². The molecule has 0 amide bonds. The highest BCUT2D eigenvalue weighted by Gasteiger charge is 2.73. The van der Waals surface area contributed by atoms with E-state index in [4.69, 9.17) is 9.47 Å². The van der Waals surface area contributed by atoms with Crippen molar-refractivity contribution in [2.45, 2.75) is 96.0 Å². The van der Waals surface area contributed by atoms with Gasteiger partial charge in [-0.25, -0.2) is 4.79 Å². The van der Waals surface area contributed by atoms with Gasteiger partial charge in [-0.2, -0.15) is 0 Å². The van der Waals surface area contributed by atoms with E-state index in [-0.39, 0.29) is 25.2 Å². The van der Waals surface area contributed by atoms with Crippen molar-refractivity contribution in [1.82, 2.24) is 5.32 Å². The molecular weight excluding hydrogens is 534 g/mol. The second-order valence-corrected chi connectivity index (χ2v) is 14.2. The second-order valence-electron chi connectivity index (χ2n) is 13.2. The molecule has 222 valence electrons. The number of thiophene rings is 1. The summed E-state index contributed by atoms with van der Waals surface area (Å²) in [7, 11) is 1.66. The van der Waals surface area contributed by atoms with E-state index in [9.17, 15) is 30.0 Å². The average molecular weight is 578 g/mol. The second kappa shape index (κ2) is 9.69. The third-order valence-corrected chi connectivity index (χ3v) is 12.1. The normalized spacial score (nSPS) is 43.9. The lowest BCUT2D eigenvalue weighted by Crippen LogP contribution is -2.78. The Morgan fingerprint density at radius 3 is 2.48 bits per heavy atom. The van der Waals surface area contributed by atoms with Gasteiger partial charge >= 0.3 is 5.97 Å². The molecule has 0 spiro atoms. The van der Waals surface area contributed by atoms with Crippen molar-refractivity contribution < 1.29 is 39.5 Å². The monoisotopic (exact) mass is 577 g/mol. The molecule has 3 fully saturated rings. The van der Waals surface area contributed by atoms with E-state index in [2.05, 4.69) is 5.32 Å². The summed E-state index contributed by atoms with van der Waals surface area (Å²) in [6, 6.07) is 3.00. The van der Waals surface area contributed by atoms with Gasteiger partial charge in [0.15, 0.2) is 6.10 Å². The Balaban J connectivity index is 1.58. The van der Waals surface area contributed by atoms with E-state index in [1.54, 1.807) is 20.9 Å². The van der Waals surface area contributed by atoms with E-state index in [0.29, 0.717) is 11.1 Å². The predicted molar refractivity (Wildman–Crippen MR) is 148 cm³/mol. The number of rotatable bonds is 5. The number of ketones is 1. The van der Waals surface area contributed by atoms with Gasteiger partial charge < -0.3 is 35.2 Å². The van der Waals surface area contributed by atoms with E-state index in [1.165, 1.54) is 11.3 Å². The maximum Gasteiger partial charge on any atom is 0.337 e. The number of carbonyl (C=O) groups is 2. The molecule has 11 atom stereocenters.